The van der Waals surface area contributed by atoms with E-state index in [4.69, 9.17) is 16.3 Å². The summed E-state index contributed by atoms with van der Waals surface area (Å²) in [5, 5.41) is 0.571. The molecule has 0 aliphatic carbocycles. The molecule has 0 N–H and O–H groups in total. The highest BCUT2D eigenvalue weighted by Crippen LogP contribution is 2.34. The summed E-state index contributed by atoms with van der Waals surface area (Å²) in [6.07, 6.45) is 3.94. The van der Waals surface area contributed by atoms with E-state index in [1.807, 2.05) is 37.3 Å². The van der Waals surface area contributed by atoms with Gasteiger partial charge in [-0.15, -0.1) is 0 Å². The van der Waals surface area contributed by atoms with Crippen molar-refractivity contribution in [1.29, 1.82) is 0 Å². The van der Waals surface area contributed by atoms with E-state index in [0.717, 1.165) is 11.1 Å². The SMILES string of the molecule is CCOC(=O)C(C)(Cc1ccncc1)c1ccccc1Cl. The Morgan fingerprint density at radius 1 is 1.24 bits per heavy atom. The van der Waals surface area contributed by atoms with Crippen LogP contribution in [0.3, 0.4) is 0 Å². The Bertz CT molecular complexity index is 615. The maximum Gasteiger partial charge on any atom is 0.316 e. The van der Waals surface area contributed by atoms with E-state index < -0.39 is 5.41 Å². The zero-order chi connectivity index (χ0) is 15.3. The van der Waals surface area contributed by atoms with Crippen molar-refractivity contribution in [2.45, 2.75) is 25.7 Å². The topological polar surface area (TPSA) is 39.2 Å². The summed E-state index contributed by atoms with van der Waals surface area (Å²) in [5.74, 6) is -0.269. The molecule has 0 aliphatic rings. The molecule has 2 aromatic rings. The molecule has 0 fully saturated rings. The molecule has 1 heterocycles. The number of esters is 1. The first-order chi connectivity index (χ1) is 10.1. The van der Waals surface area contributed by atoms with Gasteiger partial charge in [-0.2, -0.15) is 0 Å². The van der Waals surface area contributed by atoms with Gasteiger partial charge in [0.1, 0.15) is 0 Å². The zero-order valence-electron chi connectivity index (χ0n) is 12.2. The second-order valence-electron chi connectivity index (χ2n) is 5.06. The molecule has 0 amide bonds. The summed E-state index contributed by atoms with van der Waals surface area (Å²) in [6.45, 7) is 4.01. The number of ether oxygens (including phenoxy) is 1. The minimum absolute atomic E-state index is 0.269. The van der Waals surface area contributed by atoms with E-state index in [1.165, 1.54) is 0 Å². The van der Waals surface area contributed by atoms with Crippen molar-refractivity contribution >= 4 is 17.6 Å². The molecular weight excluding hydrogens is 286 g/mol. The van der Waals surface area contributed by atoms with Gasteiger partial charge in [0.25, 0.3) is 0 Å². The number of carbonyl (C=O) groups is 1. The minimum atomic E-state index is -0.824. The molecule has 4 heteroatoms. The fraction of sp³-hybridized carbons (Fsp3) is 0.294. The number of benzene rings is 1. The Labute approximate surface area is 129 Å². The third kappa shape index (κ3) is 3.42. The second-order valence-corrected chi connectivity index (χ2v) is 5.47. The summed E-state index contributed by atoms with van der Waals surface area (Å²) in [4.78, 5) is 16.5. The van der Waals surface area contributed by atoms with E-state index in [9.17, 15) is 4.79 Å². The maximum atomic E-state index is 12.5. The van der Waals surface area contributed by atoms with Crippen LogP contribution in [0.2, 0.25) is 5.02 Å². The van der Waals surface area contributed by atoms with Crippen molar-refractivity contribution in [3.63, 3.8) is 0 Å². The van der Waals surface area contributed by atoms with E-state index in [1.54, 1.807) is 25.4 Å². The van der Waals surface area contributed by atoms with Crippen LogP contribution in [0.25, 0.3) is 0 Å². The number of carbonyl (C=O) groups excluding carboxylic acids is 1. The van der Waals surface area contributed by atoms with Gasteiger partial charge in [0.15, 0.2) is 0 Å². The third-order valence-electron chi connectivity index (χ3n) is 3.50. The van der Waals surface area contributed by atoms with E-state index in [2.05, 4.69) is 4.98 Å². The summed E-state index contributed by atoms with van der Waals surface area (Å²) < 4.78 is 5.28. The van der Waals surface area contributed by atoms with Crippen LogP contribution in [0.4, 0.5) is 0 Å². The Hall–Kier alpha value is -1.87. The molecule has 1 atom stereocenters. The second kappa shape index (κ2) is 6.72. The molecule has 1 aromatic heterocycles. The van der Waals surface area contributed by atoms with Crippen molar-refractivity contribution in [2.75, 3.05) is 6.61 Å². The van der Waals surface area contributed by atoms with Crippen molar-refractivity contribution in [3.8, 4) is 0 Å². The molecule has 21 heavy (non-hydrogen) atoms. The van der Waals surface area contributed by atoms with Gasteiger partial charge in [0.2, 0.25) is 0 Å². The predicted molar refractivity (Wildman–Crippen MR) is 83.4 cm³/mol. The van der Waals surface area contributed by atoms with Crippen LogP contribution < -0.4 is 0 Å². The van der Waals surface area contributed by atoms with Gasteiger partial charge in [0, 0.05) is 17.4 Å². The van der Waals surface area contributed by atoms with Crippen LogP contribution >= 0.6 is 11.6 Å². The van der Waals surface area contributed by atoms with Crippen LogP contribution in [-0.4, -0.2) is 17.6 Å². The van der Waals surface area contributed by atoms with Gasteiger partial charge >= 0.3 is 5.97 Å². The van der Waals surface area contributed by atoms with Gasteiger partial charge in [-0.1, -0.05) is 29.8 Å². The van der Waals surface area contributed by atoms with Crippen LogP contribution in [0.5, 0.6) is 0 Å². The lowest BCUT2D eigenvalue weighted by atomic mass is 9.77. The molecule has 0 radical (unpaired) electrons. The number of rotatable bonds is 5. The van der Waals surface area contributed by atoms with Gasteiger partial charge in [-0.25, -0.2) is 0 Å². The largest absolute Gasteiger partial charge is 0.465 e. The Morgan fingerprint density at radius 3 is 2.52 bits per heavy atom. The van der Waals surface area contributed by atoms with Crippen molar-refractivity contribution in [2.24, 2.45) is 0 Å². The minimum Gasteiger partial charge on any atom is -0.465 e. The number of nitrogens with zero attached hydrogens (tertiary/aromatic N) is 1. The molecule has 2 rings (SSSR count). The fourth-order valence-corrected chi connectivity index (χ4v) is 2.73. The lowest BCUT2D eigenvalue weighted by Gasteiger charge is -2.28. The molecule has 0 aliphatic heterocycles. The fourth-order valence-electron chi connectivity index (χ4n) is 2.39. The number of hydrogen-bond acceptors (Lipinski definition) is 3. The van der Waals surface area contributed by atoms with Crippen LogP contribution in [0.15, 0.2) is 48.8 Å². The molecule has 0 spiro atoms. The Kier molecular flexibility index (Phi) is 4.97. The smallest absolute Gasteiger partial charge is 0.316 e. The van der Waals surface area contributed by atoms with Crippen molar-refractivity contribution in [3.05, 3.63) is 64.9 Å². The molecule has 1 aromatic carbocycles. The molecule has 0 bridgehead atoms. The zero-order valence-corrected chi connectivity index (χ0v) is 12.9. The van der Waals surface area contributed by atoms with Gasteiger partial charge in [-0.05, 0) is 49.6 Å². The first-order valence-electron chi connectivity index (χ1n) is 6.89. The summed E-state index contributed by atoms with van der Waals surface area (Å²) in [7, 11) is 0. The molecular formula is C17H18ClNO2. The van der Waals surface area contributed by atoms with E-state index in [-0.39, 0.29) is 5.97 Å². The lowest BCUT2D eigenvalue weighted by molar-refractivity contribution is -0.149. The molecule has 0 saturated carbocycles. The highest BCUT2D eigenvalue weighted by atomic mass is 35.5. The normalized spacial score (nSPS) is 13.5. The maximum absolute atomic E-state index is 12.5. The molecule has 110 valence electrons. The monoisotopic (exact) mass is 303 g/mol. The number of aromatic nitrogens is 1. The van der Waals surface area contributed by atoms with Crippen molar-refractivity contribution in [1.82, 2.24) is 4.98 Å². The number of halogens is 1. The number of hydrogen-bond donors (Lipinski definition) is 0. The van der Waals surface area contributed by atoms with Crippen LogP contribution in [0, 0.1) is 0 Å². The molecule has 3 nitrogen and oxygen atoms in total. The summed E-state index contributed by atoms with van der Waals surface area (Å²) in [5.41, 5.74) is 0.970. The summed E-state index contributed by atoms with van der Waals surface area (Å²) >= 11 is 6.30. The quantitative estimate of drug-likeness (QED) is 0.789. The highest BCUT2D eigenvalue weighted by molar-refractivity contribution is 6.31. The lowest BCUT2D eigenvalue weighted by Crippen LogP contribution is -2.37. The van der Waals surface area contributed by atoms with Crippen LogP contribution in [-0.2, 0) is 21.4 Å². The van der Waals surface area contributed by atoms with Gasteiger partial charge < -0.3 is 4.74 Å². The molecule has 1 unspecified atom stereocenters. The first-order valence-corrected chi connectivity index (χ1v) is 7.27. The standard InChI is InChI=1S/C17H18ClNO2/c1-3-21-16(20)17(2,12-13-8-10-19-11-9-13)14-6-4-5-7-15(14)18/h4-11H,3,12H2,1-2H3. The molecule has 0 saturated heterocycles. The third-order valence-corrected chi connectivity index (χ3v) is 3.83. The first kappa shape index (κ1) is 15.5. The van der Waals surface area contributed by atoms with Gasteiger partial charge in [-0.3, -0.25) is 9.78 Å². The van der Waals surface area contributed by atoms with E-state index in [0.29, 0.717) is 18.1 Å². The van der Waals surface area contributed by atoms with Gasteiger partial charge in [0.05, 0.1) is 12.0 Å². The van der Waals surface area contributed by atoms with Crippen molar-refractivity contribution < 1.29 is 9.53 Å². The Morgan fingerprint density at radius 2 is 1.90 bits per heavy atom. The Balaban J connectivity index is 2.44. The average Bonchev–Trinajstić information content (AvgIpc) is 2.48. The van der Waals surface area contributed by atoms with E-state index >= 15 is 0 Å². The highest BCUT2D eigenvalue weighted by Gasteiger charge is 2.38. The average molecular weight is 304 g/mol. The number of pyridine rings is 1. The summed E-state index contributed by atoms with van der Waals surface area (Å²) in [6, 6.07) is 11.2. The predicted octanol–water partition coefficient (Wildman–Crippen LogP) is 3.80. The van der Waals surface area contributed by atoms with Crippen LogP contribution in [0.1, 0.15) is 25.0 Å².